The molecule has 0 fully saturated rings. The molecule has 0 aliphatic carbocycles. The lowest BCUT2D eigenvalue weighted by molar-refractivity contribution is 0.658. The van der Waals surface area contributed by atoms with E-state index in [-0.39, 0.29) is 0 Å². The molecule has 0 unspecified atom stereocenters. The molecule has 2 rings (SSSR count). The number of nitrogens with zero attached hydrogens (tertiary/aromatic N) is 3. The second kappa shape index (κ2) is 2.90. The summed E-state index contributed by atoms with van der Waals surface area (Å²) in [6, 6.07) is 9.77. The summed E-state index contributed by atoms with van der Waals surface area (Å²) in [4.78, 5) is 1.47. The fourth-order valence-electron chi connectivity index (χ4n) is 1.22. The fourth-order valence-corrected chi connectivity index (χ4v) is 1.22. The van der Waals surface area contributed by atoms with Gasteiger partial charge in [0.15, 0.2) is 5.82 Å². The van der Waals surface area contributed by atoms with Crippen molar-refractivity contribution < 1.29 is 0 Å². The summed E-state index contributed by atoms with van der Waals surface area (Å²) in [5, 5.41) is 8.13. The van der Waals surface area contributed by atoms with Crippen molar-refractivity contribution >= 4 is 5.82 Å². The van der Waals surface area contributed by atoms with Crippen LogP contribution in [0.15, 0.2) is 30.3 Å². The zero-order valence-electron chi connectivity index (χ0n) is 7.31. The lowest BCUT2D eigenvalue weighted by Crippen LogP contribution is -1.92. The van der Waals surface area contributed by atoms with Crippen LogP contribution in [0.5, 0.6) is 0 Å². The molecular weight excluding hydrogens is 164 g/mol. The Morgan fingerprint density at radius 1 is 1.15 bits per heavy atom. The molecule has 66 valence electrons. The number of hydrogen-bond donors (Lipinski definition) is 1. The van der Waals surface area contributed by atoms with Gasteiger partial charge in [-0.15, -0.1) is 5.10 Å². The fraction of sp³-hybridized carbons (Fsp3) is 0.111. The third kappa shape index (κ3) is 1.38. The van der Waals surface area contributed by atoms with Gasteiger partial charge < -0.3 is 5.73 Å². The smallest absolute Gasteiger partial charge is 0.174 e. The highest BCUT2D eigenvalue weighted by Crippen LogP contribution is 2.20. The Kier molecular flexibility index (Phi) is 1.73. The topological polar surface area (TPSA) is 56.7 Å². The van der Waals surface area contributed by atoms with E-state index < -0.39 is 0 Å². The van der Waals surface area contributed by atoms with Gasteiger partial charge in [-0.1, -0.05) is 30.3 Å². The van der Waals surface area contributed by atoms with E-state index in [0.717, 1.165) is 11.3 Å². The van der Waals surface area contributed by atoms with Crippen LogP contribution in [0.1, 0.15) is 0 Å². The molecule has 0 atom stereocenters. The molecular formula is C9H10N4. The van der Waals surface area contributed by atoms with E-state index in [0.29, 0.717) is 5.82 Å². The van der Waals surface area contributed by atoms with Crippen molar-refractivity contribution in [3.63, 3.8) is 0 Å². The molecule has 4 heteroatoms. The van der Waals surface area contributed by atoms with E-state index >= 15 is 0 Å². The monoisotopic (exact) mass is 174 g/mol. The minimum Gasteiger partial charge on any atom is -0.380 e. The third-order valence-electron chi connectivity index (χ3n) is 1.79. The number of nitrogens with two attached hydrogens (primary N) is 1. The van der Waals surface area contributed by atoms with E-state index in [9.17, 15) is 0 Å². The Morgan fingerprint density at radius 3 is 2.38 bits per heavy atom. The number of nitrogen functional groups attached to an aromatic ring is 1. The molecule has 2 aromatic rings. The molecule has 0 radical (unpaired) electrons. The SMILES string of the molecule is Cn1nc(N)c(-c2ccccc2)n1. The first kappa shape index (κ1) is 7.79. The van der Waals surface area contributed by atoms with Gasteiger partial charge in [0, 0.05) is 12.6 Å². The average molecular weight is 174 g/mol. The van der Waals surface area contributed by atoms with E-state index in [1.54, 1.807) is 7.05 Å². The third-order valence-corrected chi connectivity index (χ3v) is 1.79. The number of rotatable bonds is 1. The molecule has 1 aromatic heterocycles. The normalized spacial score (nSPS) is 10.2. The molecule has 2 N–H and O–H groups in total. The second-order valence-electron chi connectivity index (χ2n) is 2.79. The van der Waals surface area contributed by atoms with Crippen molar-refractivity contribution in [1.82, 2.24) is 15.0 Å². The van der Waals surface area contributed by atoms with E-state index in [4.69, 9.17) is 5.73 Å². The molecule has 13 heavy (non-hydrogen) atoms. The molecule has 0 saturated carbocycles. The van der Waals surface area contributed by atoms with Crippen molar-refractivity contribution in [1.29, 1.82) is 0 Å². The number of aryl methyl sites for hydroxylation is 1. The van der Waals surface area contributed by atoms with Crippen molar-refractivity contribution in [2.24, 2.45) is 7.05 Å². The first-order chi connectivity index (χ1) is 6.27. The quantitative estimate of drug-likeness (QED) is 0.703. The number of benzene rings is 1. The van der Waals surface area contributed by atoms with Gasteiger partial charge in [0.05, 0.1) is 0 Å². The predicted octanol–water partition coefficient (Wildman–Crippen LogP) is 1.06. The Morgan fingerprint density at radius 2 is 1.85 bits per heavy atom. The van der Waals surface area contributed by atoms with E-state index in [2.05, 4.69) is 10.2 Å². The van der Waals surface area contributed by atoms with Gasteiger partial charge in [0.1, 0.15) is 5.69 Å². The average Bonchev–Trinajstić information content (AvgIpc) is 2.47. The molecule has 1 aromatic carbocycles. The van der Waals surface area contributed by atoms with Gasteiger partial charge in [0.2, 0.25) is 0 Å². The highest BCUT2D eigenvalue weighted by Gasteiger charge is 2.06. The Bertz CT molecular complexity index is 405. The van der Waals surface area contributed by atoms with Crippen molar-refractivity contribution in [2.45, 2.75) is 0 Å². The summed E-state index contributed by atoms with van der Waals surface area (Å²) in [6.07, 6.45) is 0. The summed E-state index contributed by atoms with van der Waals surface area (Å²) in [6.45, 7) is 0. The highest BCUT2D eigenvalue weighted by atomic mass is 15.5. The maximum atomic E-state index is 5.68. The molecule has 0 saturated heterocycles. The Balaban J connectivity index is 2.53. The minimum atomic E-state index is 0.466. The summed E-state index contributed by atoms with van der Waals surface area (Å²) in [5.41, 5.74) is 7.41. The maximum Gasteiger partial charge on any atom is 0.174 e. The molecule has 0 aliphatic rings. The maximum absolute atomic E-state index is 5.68. The van der Waals surface area contributed by atoms with Crippen LogP contribution in [-0.2, 0) is 7.05 Å². The summed E-state index contributed by atoms with van der Waals surface area (Å²) in [7, 11) is 1.75. The zero-order valence-corrected chi connectivity index (χ0v) is 7.31. The van der Waals surface area contributed by atoms with Crippen LogP contribution in [0, 0.1) is 0 Å². The van der Waals surface area contributed by atoms with E-state index in [1.165, 1.54) is 4.80 Å². The summed E-state index contributed by atoms with van der Waals surface area (Å²) < 4.78 is 0. The van der Waals surface area contributed by atoms with Crippen LogP contribution in [0.2, 0.25) is 0 Å². The molecule has 0 amide bonds. The van der Waals surface area contributed by atoms with Crippen molar-refractivity contribution in [3.8, 4) is 11.3 Å². The van der Waals surface area contributed by atoms with Gasteiger partial charge in [-0.2, -0.15) is 9.90 Å². The lowest BCUT2D eigenvalue weighted by Gasteiger charge is -1.94. The predicted molar refractivity (Wildman–Crippen MR) is 50.9 cm³/mol. The first-order valence-electron chi connectivity index (χ1n) is 3.99. The molecule has 1 heterocycles. The van der Waals surface area contributed by atoms with Gasteiger partial charge in [0.25, 0.3) is 0 Å². The zero-order chi connectivity index (χ0) is 9.26. The lowest BCUT2D eigenvalue weighted by atomic mass is 10.2. The van der Waals surface area contributed by atoms with Crippen molar-refractivity contribution in [3.05, 3.63) is 30.3 Å². The number of hydrogen-bond acceptors (Lipinski definition) is 3. The van der Waals surface area contributed by atoms with Gasteiger partial charge in [-0.3, -0.25) is 0 Å². The minimum absolute atomic E-state index is 0.466. The molecule has 0 bridgehead atoms. The van der Waals surface area contributed by atoms with Crippen molar-refractivity contribution in [2.75, 3.05) is 5.73 Å². The first-order valence-corrected chi connectivity index (χ1v) is 3.99. The molecule has 4 nitrogen and oxygen atoms in total. The number of anilines is 1. The summed E-state index contributed by atoms with van der Waals surface area (Å²) in [5.74, 6) is 0.466. The van der Waals surface area contributed by atoms with Crippen LogP contribution >= 0.6 is 0 Å². The van der Waals surface area contributed by atoms with Gasteiger partial charge in [-0.25, -0.2) is 0 Å². The van der Waals surface area contributed by atoms with Gasteiger partial charge in [-0.05, 0) is 0 Å². The molecule has 0 spiro atoms. The highest BCUT2D eigenvalue weighted by molar-refractivity contribution is 5.68. The number of aromatic nitrogens is 3. The second-order valence-corrected chi connectivity index (χ2v) is 2.79. The van der Waals surface area contributed by atoms with E-state index in [1.807, 2.05) is 30.3 Å². The molecule has 0 aliphatic heterocycles. The Hall–Kier alpha value is -1.84. The van der Waals surface area contributed by atoms with Crippen LogP contribution in [0.3, 0.4) is 0 Å². The van der Waals surface area contributed by atoms with Crippen LogP contribution in [0.25, 0.3) is 11.3 Å². The largest absolute Gasteiger partial charge is 0.380 e. The standard InChI is InChI=1S/C9H10N4/c1-13-11-8(9(10)12-13)7-5-3-2-4-6-7/h2-6H,1H3,(H2,10,12). The Labute approximate surface area is 76.0 Å². The van der Waals surface area contributed by atoms with Gasteiger partial charge >= 0.3 is 0 Å². The van der Waals surface area contributed by atoms with Crippen LogP contribution in [-0.4, -0.2) is 15.0 Å². The summed E-state index contributed by atoms with van der Waals surface area (Å²) >= 11 is 0. The van der Waals surface area contributed by atoms with Crippen LogP contribution < -0.4 is 5.73 Å². The van der Waals surface area contributed by atoms with Crippen LogP contribution in [0.4, 0.5) is 5.82 Å².